The first-order valence-corrected chi connectivity index (χ1v) is 11.1. The molecule has 3 rings (SSSR count). The monoisotopic (exact) mass is 426 g/mol. The van der Waals surface area contributed by atoms with Crippen LogP contribution in [0.1, 0.15) is 41.4 Å². The molecule has 31 heavy (non-hydrogen) atoms. The van der Waals surface area contributed by atoms with Gasteiger partial charge in [-0.1, -0.05) is 30.3 Å². The number of guanidine groups is 1. The number of nitrogens with one attached hydrogen (secondary N) is 2. The van der Waals surface area contributed by atoms with Crippen molar-refractivity contribution in [2.75, 3.05) is 39.3 Å². The molecule has 1 aromatic carbocycles. The number of aliphatic imine (C=N–C) groups is 1. The molecule has 0 bridgehead atoms. The maximum atomic E-state index is 12.1. The van der Waals surface area contributed by atoms with Gasteiger partial charge in [-0.3, -0.25) is 9.79 Å². The van der Waals surface area contributed by atoms with Crippen molar-refractivity contribution in [3.63, 3.8) is 0 Å². The number of nitrogens with zero attached hydrogens (tertiary/aromatic N) is 2. The normalized spacial score (nSPS) is 16.5. The quantitative estimate of drug-likeness (QED) is 0.346. The highest BCUT2D eigenvalue weighted by molar-refractivity contribution is 5.92. The first-order chi connectivity index (χ1) is 15.2. The number of ether oxygens (including phenoxy) is 1. The molecule has 1 saturated heterocycles. The molecule has 7 heteroatoms. The highest BCUT2D eigenvalue weighted by Gasteiger charge is 2.25. The zero-order chi connectivity index (χ0) is 21.9. The van der Waals surface area contributed by atoms with E-state index in [1.807, 2.05) is 25.1 Å². The van der Waals surface area contributed by atoms with Gasteiger partial charge in [0.2, 0.25) is 0 Å². The molecule has 1 aliphatic heterocycles. The van der Waals surface area contributed by atoms with Crippen molar-refractivity contribution in [3.05, 3.63) is 59.5 Å². The number of carbonyl (C=O) groups excluding carboxylic acids is 1. The van der Waals surface area contributed by atoms with E-state index in [4.69, 9.17) is 14.1 Å². The number of furan rings is 1. The summed E-state index contributed by atoms with van der Waals surface area (Å²) in [5.41, 5.74) is 2.06. The van der Waals surface area contributed by atoms with Crippen molar-refractivity contribution in [1.29, 1.82) is 0 Å². The zero-order valence-corrected chi connectivity index (χ0v) is 18.6. The second kappa shape index (κ2) is 12.2. The Labute approximate surface area is 184 Å². The van der Waals surface area contributed by atoms with E-state index >= 15 is 0 Å². The summed E-state index contributed by atoms with van der Waals surface area (Å²) in [5.74, 6) is 1.68. The molecule has 0 radical (unpaired) electrons. The van der Waals surface area contributed by atoms with Crippen molar-refractivity contribution in [3.8, 4) is 0 Å². The molecule has 0 saturated carbocycles. The summed E-state index contributed by atoms with van der Waals surface area (Å²) in [5, 5.41) is 6.28. The standard InChI is InChI=1S/C24H34N4O3/c1-3-25-24(27-13-7-12-26-23(29)22-19(2)11-15-31-22)28-14-10-21(16-28)18-30-17-20-8-5-4-6-9-20/h4-6,8-9,11,15,21H,3,7,10,12-14,16-18H2,1-2H3,(H,25,27)(H,26,29). The van der Waals surface area contributed by atoms with Gasteiger partial charge in [-0.15, -0.1) is 0 Å². The van der Waals surface area contributed by atoms with E-state index in [0.29, 0.717) is 31.4 Å². The van der Waals surface area contributed by atoms with Gasteiger partial charge in [-0.05, 0) is 38.3 Å². The minimum absolute atomic E-state index is 0.170. The minimum atomic E-state index is -0.170. The number of likely N-dealkylation sites (tertiary alicyclic amines) is 1. The third-order valence-electron chi connectivity index (χ3n) is 5.34. The molecule has 0 aliphatic carbocycles. The Kier molecular flexibility index (Phi) is 8.97. The van der Waals surface area contributed by atoms with Crippen LogP contribution < -0.4 is 10.6 Å². The zero-order valence-electron chi connectivity index (χ0n) is 18.6. The van der Waals surface area contributed by atoms with E-state index in [0.717, 1.165) is 50.6 Å². The van der Waals surface area contributed by atoms with E-state index in [2.05, 4.69) is 34.6 Å². The molecule has 2 N–H and O–H groups in total. The molecule has 7 nitrogen and oxygen atoms in total. The summed E-state index contributed by atoms with van der Waals surface area (Å²) in [6.45, 7) is 9.37. The number of hydrogen-bond acceptors (Lipinski definition) is 4. The topological polar surface area (TPSA) is 79.1 Å². The summed E-state index contributed by atoms with van der Waals surface area (Å²) in [4.78, 5) is 19.1. The Morgan fingerprint density at radius 2 is 2.10 bits per heavy atom. The highest BCUT2D eigenvalue weighted by Crippen LogP contribution is 2.17. The van der Waals surface area contributed by atoms with Gasteiger partial charge in [-0.25, -0.2) is 0 Å². The Hall–Kier alpha value is -2.80. The number of hydrogen-bond donors (Lipinski definition) is 2. The van der Waals surface area contributed by atoms with E-state index < -0.39 is 0 Å². The summed E-state index contributed by atoms with van der Waals surface area (Å²) in [6.07, 6.45) is 3.42. The largest absolute Gasteiger partial charge is 0.459 e. The van der Waals surface area contributed by atoms with E-state index in [-0.39, 0.29) is 5.91 Å². The fourth-order valence-electron chi connectivity index (χ4n) is 3.66. The van der Waals surface area contributed by atoms with Crippen LogP contribution in [0.4, 0.5) is 0 Å². The summed E-state index contributed by atoms with van der Waals surface area (Å²) >= 11 is 0. The third-order valence-corrected chi connectivity index (χ3v) is 5.34. The first kappa shape index (κ1) is 22.9. The van der Waals surface area contributed by atoms with E-state index in [9.17, 15) is 4.79 Å². The maximum absolute atomic E-state index is 12.1. The fraction of sp³-hybridized carbons (Fsp3) is 0.500. The van der Waals surface area contributed by atoms with Crippen LogP contribution in [0.3, 0.4) is 0 Å². The van der Waals surface area contributed by atoms with Gasteiger partial charge in [0.1, 0.15) is 0 Å². The van der Waals surface area contributed by atoms with E-state index in [1.54, 1.807) is 6.07 Å². The minimum Gasteiger partial charge on any atom is -0.459 e. The van der Waals surface area contributed by atoms with Gasteiger partial charge in [0.15, 0.2) is 11.7 Å². The number of aryl methyl sites for hydroxylation is 1. The van der Waals surface area contributed by atoms with Gasteiger partial charge in [0, 0.05) is 44.2 Å². The number of benzene rings is 1. The molecule has 0 spiro atoms. The first-order valence-electron chi connectivity index (χ1n) is 11.1. The van der Waals surface area contributed by atoms with Crippen LogP contribution in [-0.4, -0.2) is 56.1 Å². The molecule has 1 fully saturated rings. The number of amides is 1. The molecule has 168 valence electrons. The fourth-order valence-corrected chi connectivity index (χ4v) is 3.66. The van der Waals surface area contributed by atoms with Crippen LogP contribution in [0, 0.1) is 12.8 Å². The van der Waals surface area contributed by atoms with Crippen LogP contribution in [-0.2, 0) is 11.3 Å². The lowest BCUT2D eigenvalue weighted by molar-refractivity contribution is 0.0906. The van der Waals surface area contributed by atoms with Crippen molar-refractivity contribution in [1.82, 2.24) is 15.5 Å². The summed E-state index contributed by atoms with van der Waals surface area (Å²) in [6, 6.07) is 12.1. The maximum Gasteiger partial charge on any atom is 0.287 e. The number of rotatable bonds is 10. The lowest BCUT2D eigenvalue weighted by Crippen LogP contribution is -2.40. The Balaban J connectivity index is 1.37. The van der Waals surface area contributed by atoms with Gasteiger partial charge < -0.3 is 24.7 Å². The molecule has 1 atom stereocenters. The predicted molar refractivity (Wildman–Crippen MR) is 122 cm³/mol. The predicted octanol–water partition coefficient (Wildman–Crippen LogP) is 3.21. The summed E-state index contributed by atoms with van der Waals surface area (Å²) < 4.78 is 11.1. The lowest BCUT2D eigenvalue weighted by Gasteiger charge is -2.21. The second-order valence-corrected chi connectivity index (χ2v) is 7.88. The Morgan fingerprint density at radius 3 is 2.84 bits per heavy atom. The molecule has 1 aromatic heterocycles. The van der Waals surface area contributed by atoms with Gasteiger partial charge in [0.05, 0.1) is 19.5 Å². The SMILES string of the molecule is CCNC(=NCCCNC(=O)c1occc1C)N1CCC(COCc2ccccc2)C1. The van der Waals surface area contributed by atoms with Crippen LogP contribution in [0.2, 0.25) is 0 Å². The van der Waals surface area contributed by atoms with E-state index in [1.165, 1.54) is 11.8 Å². The van der Waals surface area contributed by atoms with Gasteiger partial charge in [0.25, 0.3) is 5.91 Å². The molecule has 1 aliphatic rings. The van der Waals surface area contributed by atoms with Crippen LogP contribution in [0.25, 0.3) is 0 Å². The molecule has 2 aromatic rings. The Morgan fingerprint density at radius 1 is 1.26 bits per heavy atom. The lowest BCUT2D eigenvalue weighted by atomic mass is 10.1. The summed E-state index contributed by atoms with van der Waals surface area (Å²) in [7, 11) is 0. The van der Waals surface area contributed by atoms with Crippen molar-refractivity contribution in [2.45, 2.75) is 33.3 Å². The molecular formula is C24H34N4O3. The second-order valence-electron chi connectivity index (χ2n) is 7.88. The van der Waals surface area contributed by atoms with Gasteiger partial charge >= 0.3 is 0 Å². The number of carbonyl (C=O) groups is 1. The molecule has 1 unspecified atom stereocenters. The highest BCUT2D eigenvalue weighted by atomic mass is 16.5. The third kappa shape index (κ3) is 7.14. The van der Waals surface area contributed by atoms with Gasteiger partial charge in [-0.2, -0.15) is 0 Å². The molecule has 2 heterocycles. The van der Waals surface area contributed by atoms with Crippen LogP contribution in [0.5, 0.6) is 0 Å². The molecular weight excluding hydrogens is 392 g/mol. The van der Waals surface area contributed by atoms with Crippen LogP contribution >= 0.6 is 0 Å². The average molecular weight is 427 g/mol. The van der Waals surface area contributed by atoms with Crippen molar-refractivity contribution < 1.29 is 13.9 Å². The Bertz CT molecular complexity index is 834. The van der Waals surface area contributed by atoms with Crippen molar-refractivity contribution >= 4 is 11.9 Å². The van der Waals surface area contributed by atoms with Crippen LogP contribution in [0.15, 0.2) is 52.1 Å². The molecule has 1 amide bonds. The van der Waals surface area contributed by atoms with Crippen molar-refractivity contribution in [2.24, 2.45) is 10.9 Å². The average Bonchev–Trinajstić information content (AvgIpc) is 3.42. The smallest absolute Gasteiger partial charge is 0.287 e.